The highest BCUT2D eigenvalue weighted by molar-refractivity contribution is 14.0. The highest BCUT2D eigenvalue weighted by Crippen LogP contribution is 2.26. The molecule has 1 aromatic heterocycles. The van der Waals surface area contributed by atoms with Crippen LogP contribution in [0.1, 0.15) is 30.6 Å². The average molecular weight is 525 g/mol. The Morgan fingerprint density at radius 3 is 2.72 bits per heavy atom. The second-order valence-corrected chi connectivity index (χ2v) is 5.83. The van der Waals surface area contributed by atoms with Crippen molar-refractivity contribution >= 4 is 29.9 Å². The van der Waals surface area contributed by atoms with E-state index in [0.717, 1.165) is 6.42 Å². The fraction of sp³-hybridized carbons (Fsp3) is 0.500. The molecule has 8 nitrogen and oxygen atoms in total. The number of hydrogen-bond acceptors (Lipinski definition) is 6. The van der Waals surface area contributed by atoms with Gasteiger partial charge in [0.1, 0.15) is 11.5 Å². The molecule has 0 unspecified atom stereocenters. The summed E-state index contributed by atoms with van der Waals surface area (Å²) in [5.41, 5.74) is 0.555. The van der Waals surface area contributed by atoms with Crippen LogP contribution in [0.25, 0.3) is 0 Å². The molecule has 0 amide bonds. The van der Waals surface area contributed by atoms with E-state index in [0.29, 0.717) is 48.6 Å². The van der Waals surface area contributed by atoms with Gasteiger partial charge in [-0.3, -0.25) is 4.99 Å². The Morgan fingerprint density at radius 1 is 1.31 bits per heavy atom. The lowest BCUT2D eigenvalue weighted by molar-refractivity contribution is -0.0505. The van der Waals surface area contributed by atoms with Gasteiger partial charge in [0.05, 0.1) is 6.61 Å². The van der Waals surface area contributed by atoms with Gasteiger partial charge >= 0.3 is 6.61 Å². The first-order chi connectivity index (χ1) is 13.5. The van der Waals surface area contributed by atoms with Gasteiger partial charge in [-0.1, -0.05) is 12.1 Å². The lowest BCUT2D eigenvalue weighted by Gasteiger charge is -2.15. The lowest BCUT2D eigenvalue weighted by Crippen LogP contribution is -2.38. The molecule has 2 aromatic rings. The number of rotatable bonds is 10. The van der Waals surface area contributed by atoms with Crippen molar-refractivity contribution in [3.63, 3.8) is 0 Å². The van der Waals surface area contributed by atoms with E-state index < -0.39 is 6.61 Å². The van der Waals surface area contributed by atoms with Crippen molar-refractivity contribution in [3.8, 4) is 11.5 Å². The molecule has 0 atom stereocenters. The molecule has 0 saturated heterocycles. The van der Waals surface area contributed by atoms with Crippen LogP contribution in [0, 0.1) is 6.92 Å². The van der Waals surface area contributed by atoms with Crippen LogP contribution in [0.15, 0.2) is 27.7 Å². The zero-order chi connectivity index (χ0) is 20.4. The van der Waals surface area contributed by atoms with Crippen molar-refractivity contribution in [2.75, 3.05) is 20.2 Å². The van der Waals surface area contributed by atoms with Crippen molar-refractivity contribution in [1.29, 1.82) is 0 Å². The molecule has 0 fully saturated rings. The SMILES string of the molecule is CCCOc1ccc(CNC(=NC)NCCc2nc(C)no2)c(OC(F)F)c1.I. The van der Waals surface area contributed by atoms with Crippen molar-refractivity contribution in [1.82, 2.24) is 20.8 Å². The van der Waals surface area contributed by atoms with Gasteiger partial charge < -0.3 is 24.6 Å². The summed E-state index contributed by atoms with van der Waals surface area (Å²) in [7, 11) is 1.62. The predicted molar refractivity (Wildman–Crippen MR) is 115 cm³/mol. The van der Waals surface area contributed by atoms with E-state index in [9.17, 15) is 8.78 Å². The number of hydrogen-bond donors (Lipinski definition) is 2. The van der Waals surface area contributed by atoms with Crippen LogP contribution in [-0.2, 0) is 13.0 Å². The van der Waals surface area contributed by atoms with Gasteiger partial charge in [-0.05, 0) is 25.5 Å². The van der Waals surface area contributed by atoms with Gasteiger partial charge in [-0.2, -0.15) is 13.8 Å². The number of ether oxygens (including phenoxy) is 2. The fourth-order valence-electron chi connectivity index (χ4n) is 2.33. The average Bonchev–Trinajstić information content (AvgIpc) is 3.08. The van der Waals surface area contributed by atoms with Crippen LogP contribution >= 0.6 is 24.0 Å². The highest BCUT2D eigenvalue weighted by atomic mass is 127. The second-order valence-electron chi connectivity index (χ2n) is 5.83. The largest absolute Gasteiger partial charge is 0.493 e. The third kappa shape index (κ3) is 8.79. The maximum atomic E-state index is 12.7. The molecule has 2 N–H and O–H groups in total. The Balaban J connectivity index is 0.00000420. The van der Waals surface area contributed by atoms with Gasteiger partial charge in [-0.25, -0.2) is 0 Å². The number of nitrogens with zero attached hydrogens (tertiary/aromatic N) is 3. The molecular formula is C18H26F2IN5O3. The zero-order valence-corrected chi connectivity index (χ0v) is 18.9. The van der Waals surface area contributed by atoms with Gasteiger partial charge in [0, 0.05) is 38.2 Å². The van der Waals surface area contributed by atoms with Crippen molar-refractivity contribution in [2.24, 2.45) is 4.99 Å². The standard InChI is InChI=1S/C18H25F2N5O3.HI/c1-4-9-26-14-6-5-13(15(10-14)27-17(19)20)11-23-18(21-3)22-8-7-16-24-12(2)25-28-16;/h5-6,10,17H,4,7-9,11H2,1-3H3,(H2,21,22,23);1H. The first-order valence-electron chi connectivity index (χ1n) is 8.96. The van der Waals surface area contributed by atoms with Crippen LogP contribution < -0.4 is 20.1 Å². The van der Waals surface area contributed by atoms with Crippen LogP contribution in [0.4, 0.5) is 8.78 Å². The zero-order valence-electron chi connectivity index (χ0n) is 16.6. The molecule has 2 rings (SSSR count). The van der Waals surface area contributed by atoms with E-state index in [1.165, 1.54) is 6.07 Å². The van der Waals surface area contributed by atoms with E-state index in [-0.39, 0.29) is 36.3 Å². The third-order valence-corrected chi connectivity index (χ3v) is 3.60. The van der Waals surface area contributed by atoms with Gasteiger partial charge in [0.2, 0.25) is 5.89 Å². The Morgan fingerprint density at radius 2 is 2.10 bits per heavy atom. The number of aliphatic imine (C=N–C) groups is 1. The molecule has 1 heterocycles. The van der Waals surface area contributed by atoms with Crippen molar-refractivity contribution in [3.05, 3.63) is 35.5 Å². The summed E-state index contributed by atoms with van der Waals surface area (Å²) in [5, 5.41) is 9.88. The number of alkyl halides is 2. The smallest absolute Gasteiger partial charge is 0.387 e. The number of benzene rings is 1. The molecular weight excluding hydrogens is 499 g/mol. The first-order valence-corrected chi connectivity index (χ1v) is 8.96. The van der Waals surface area contributed by atoms with Crippen LogP contribution in [0.3, 0.4) is 0 Å². The highest BCUT2D eigenvalue weighted by Gasteiger charge is 2.12. The number of aromatic nitrogens is 2. The second kappa shape index (κ2) is 13.1. The van der Waals surface area contributed by atoms with Gasteiger partial charge in [0.15, 0.2) is 11.8 Å². The van der Waals surface area contributed by atoms with Crippen LogP contribution in [0.2, 0.25) is 0 Å². The number of nitrogens with one attached hydrogen (secondary N) is 2. The maximum Gasteiger partial charge on any atom is 0.387 e. The quantitative estimate of drug-likeness (QED) is 0.280. The summed E-state index contributed by atoms with van der Waals surface area (Å²) in [6.45, 7) is 2.06. The summed E-state index contributed by atoms with van der Waals surface area (Å²) in [6.07, 6.45) is 1.35. The Kier molecular flexibility index (Phi) is 11.2. The van der Waals surface area contributed by atoms with Gasteiger partial charge in [-0.15, -0.1) is 24.0 Å². The number of guanidine groups is 1. The van der Waals surface area contributed by atoms with E-state index in [1.807, 2.05) is 6.92 Å². The predicted octanol–water partition coefficient (Wildman–Crippen LogP) is 3.29. The Bertz CT molecular complexity index is 774. The maximum absolute atomic E-state index is 12.7. The minimum atomic E-state index is -2.92. The third-order valence-electron chi connectivity index (χ3n) is 3.60. The Hall–Kier alpha value is -2.18. The molecule has 162 valence electrons. The van der Waals surface area contributed by atoms with E-state index in [4.69, 9.17) is 9.26 Å². The molecule has 0 aliphatic rings. The minimum Gasteiger partial charge on any atom is -0.493 e. The molecule has 29 heavy (non-hydrogen) atoms. The van der Waals surface area contributed by atoms with Crippen LogP contribution in [-0.4, -0.2) is 42.9 Å². The molecule has 0 spiro atoms. The summed E-state index contributed by atoms with van der Waals surface area (Å²) >= 11 is 0. The summed E-state index contributed by atoms with van der Waals surface area (Å²) in [5.74, 6) is 2.16. The molecule has 1 aromatic carbocycles. The normalized spacial score (nSPS) is 11.2. The molecule has 11 heteroatoms. The lowest BCUT2D eigenvalue weighted by atomic mass is 10.2. The fourth-order valence-corrected chi connectivity index (χ4v) is 2.33. The van der Waals surface area contributed by atoms with Crippen molar-refractivity contribution < 1.29 is 22.8 Å². The topological polar surface area (TPSA) is 93.8 Å². The molecule has 0 bridgehead atoms. The summed E-state index contributed by atoms with van der Waals surface area (Å²) in [6, 6.07) is 4.87. The first kappa shape index (κ1) is 24.9. The van der Waals surface area contributed by atoms with E-state index in [1.54, 1.807) is 26.1 Å². The number of aryl methyl sites for hydroxylation is 1. The van der Waals surface area contributed by atoms with Gasteiger partial charge in [0.25, 0.3) is 0 Å². The molecule has 0 saturated carbocycles. The monoisotopic (exact) mass is 525 g/mol. The molecule has 0 aliphatic heterocycles. The summed E-state index contributed by atoms with van der Waals surface area (Å²) < 4.78 is 40.6. The van der Waals surface area contributed by atoms with E-state index >= 15 is 0 Å². The molecule has 0 aliphatic carbocycles. The van der Waals surface area contributed by atoms with Crippen LogP contribution in [0.5, 0.6) is 11.5 Å². The Labute approximate surface area is 185 Å². The van der Waals surface area contributed by atoms with Crippen molar-refractivity contribution in [2.45, 2.75) is 39.8 Å². The minimum absolute atomic E-state index is 0. The van der Waals surface area contributed by atoms with E-state index in [2.05, 4.69) is 30.5 Å². The number of halogens is 3. The summed E-state index contributed by atoms with van der Waals surface area (Å²) in [4.78, 5) is 8.22. The molecule has 0 radical (unpaired) electrons.